The lowest BCUT2D eigenvalue weighted by Crippen LogP contribution is -2.32. The lowest BCUT2D eigenvalue weighted by atomic mass is 9.74. The Kier molecular flexibility index (Phi) is 3.28. The first-order valence-corrected chi connectivity index (χ1v) is 6.86. The lowest BCUT2D eigenvalue weighted by molar-refractivity contribution is -0.0936. The maximum absolute atomic E-state index is 6.21. The maximum atomic E-state index is 6.21. The van der Waals surface area contributed by atoms with Gasteiger partial charge in [0.05, 0.1) is 19.8 Å². The molecule has 1 aliphatic carbocycles. The summed E-state index contributed by atoms with van der Waals surface area (Å²) >= 11 is 0. The normalized spacial score (nSPS) is 29.8. The summed E-state index contributed by atoms with van der Waals surface area (Å²) in [6.07, 6.45) is 3.65. The fourth-order valence-corrected chi connectivity index (χ4v) is 2.92. The van der Waals surface area contributed by atoms with E-state index in [0.717, 1.165) is 29.9 Å². The number of hydrogen-bond donors (Lipinski definition) is 1. The van der Waals surface area contributed by atoms with Crippen LogP contribution < -0.4 is 5.73 Å². The lowest BCUT2D eigenvalue weighted by Gasteiger charge is -2.34. The van der Waals surface area contributed by atoms with Crippen LogP contribution in [0.5, 0.6) is 0 Å². The molecule has 1 saturated heterocycles. The van der Waals surface area contributed by atoms with Crippen LogP contribution in [0.3, 0.4) is 0 Å². The molecule has 2 atom stereocenters. The van der Waals surface area contributed by atoms with E-state index in [1.54, 1.807) is 0 Å². The highest BCUT2D eigenvalue weighted by Crippen LogP contribution is 2.38. The van der Waals surface area contributed by atoms with E-state index in [1.165, 1.54) is 0 Å². The zero-order valence-corrected chi connectivity index (χ0v) is 11.6. The Morgan fingerprint density at radius 1 is 1.37 bits per heavy atom. The van der Waals surface area contributed by atoms with Gasteiger partial charge in [-0.25, -0.2) is 9.97 Å². The first-order valence-electron chi connectivity index (χ1n) is 6.86. The van der Waals surface area contributed by atoms with E-state index in [4.69, 9.17) is 15.2 Å². The summed E-state index contributed by atoms with van der Waals surface area (Å²) in [4.78, 5) is 9.10. The number of fused-ring (bicyclic) bond motifs is 1. The van der Waals surface area contributed by atoms with E-state index >= 15 is 0 Å². The molecule has 5 nitrogen and oxygen atoms in total. The number of nitrogens with zero attached hydrogens (tertiary/aromatic N) is 2. The van der Waals surface area contributed by atoms with Crippen molar-refractivity contribution in [3.8, 4) is 0 Å². The molecule has 104 valence electrons. The van der Waals surface area contributed by atoms with Crippen LogP contribution in [-0.2, 0) is 15.9 Å². The summed E-state index contributed by atoms with van der Waals surface area (Å²) in [6.45, 7) is 6.26. The third-order valence-electron chi connectivity index (χ3n) is 3.84. The Balaban J connectivity index is 1.90. The molecule has 1 fully saturated rings. The van der Waals surface area contributed by atoms with Crippen LogP contribution in [0.1, 0.15) is 49.5 Å². The van der Waals surface area contributed by atoms with E-state index in [1.807, 2.05) is 6.20 Å². The van der Waals surface area contributed by atoms with Crippen molar-refractivity contribution >= 4 is 0 Å². The van der Waals surface area contributed by atoms with Crippen molar-refractivity contribution in [1.29, 1.82) is 0 Å². The summed E-state index contributed by atoms with van der Waals surface area (Å²) in [5.41, 5.74) is 8.57. The molecule has 1 aromatic heterocycles. The molecule has 2 heterocycles. The van der Waals surface area contributed by atoms with Gasteiger partial charge in [0, 0.05) is 23.5 Å². The van der Waals surface area contributed by atoms with Crippen LogP contribution in [0, 0.1) is 5.41 Å². The molecule has 2 aliphatic rings. The molecule has 5 heteroatoms. The molecule has 2 unspecified atom stereocenters. The second kappa shape index (κ2) is 4.81. The van der Waals surface area contributed by atoms with Gasteiger partial charge < -0.3 is 15.2 Å². The van der Waals surface area contributed by atoms with Gasteiger partial charge in [0.15, 0.2) is 5.82 Å². The van der Waals surface area contributed by atoms with Gasteiger partial charge in [-0.15, -0.1) is 0 Å². The van der Waals surface area contributed by atoms with Crippen LogP contribution in [-0.4, -0.2) is 29.8 Å². The SMILES string of the molecule is CC1(C)Cc2nc(C3COCCO3)ncc2C(N)C1. The van der Waals surface area contributed by atoms with E-state index in [9.17, 15) is 0 Å². The molecule has 0 bridgehead atoms. The van der Waals surface area contributed by atoms with Crippen molar-refractivity contribution in [2.75, 3.05) is 19.8 Å². The monoisotopic (exact) mass is 263 g/mol. The van der Waals surface area contributed by atoms with E-state index in [-0.39, 0.29) is 17.6 Å². The second-order valence-corrected chi connectivity index (χ2v) is 6.22. The Labute approximate surface area is 113 Å². The standard InChI is InChI=1S/C14H21N3O2/c1-14(2)5-10(15)9-7-16-13(17-11(9)6-14)12-8-18-3-4-19-12/h7,10,12H,3-6,8,15H2,1-2H3. The van der Waals surface area contributed by atoms with E-state index in [0.29, 0.717) is 19.8 Å². The molecule has 0 spiro atoms. The second-order valence-electron chi connectivity index (χ2n) is 6.22. The highest BCUT2D eigenvalue weighted by Gasteiger charge is 2.32. The van der Waals surface area contributed by atoms with Crippen molar-refractivity contribution in [2.24, 2.45) is 11.1 Å². The van der Waals surface area contributed by atoms with Crippen molar-refractivity contribution in [2.45, 2.75) is 38.8 Å². The van der Waals surface area contributed by atoms with Crippen molar-refractivity contribution in [3.05, 3.63) is 23.3 Å². The molecule has 0 amide bonds. The Bertz CT molecular complexity index is 470. The summed E-state index contributed by atoms with van der Waals surface area (Å²) in [7, 11) is 0. The Morgan fingerprint density at radius 2 is 2.21 bits per heavy atom. The number of aromatic nitrogens is 2. The molecule has 0 aromatic carbocycles. The summed E-state index contributed by atoms with van der Waals surface area (Å²) in [5.74, 6) is 0.725. The molecular weight excluding hydrogens is 242 g/mol. The molecule has 0 radical (unpaired) electrons. The predicted octanol–water partition coefficient (Wildman–Crippen LogP) is 1.54. The summed E-state index contributed by atoms with van der Waals surface area (Å²) in [6, 6.07) is 0.0383. The zero-order valence-electron chi connectivity index (χ0n) is 11.6. The van der Waals surface area contributed by atoms with Crippen molar-refractivity contribution in [3.63, 3.8) is 0 Å². The maximum Gasteiger partial charge on any atom is 0.159 e. The smallest absolute Gasteiger partial charge is 0.159 e. The van der Waals surface area contributed by atoms with Crippen LogP contribution in [0.15, 0.2) is 6.20 Å². The largest absolute Gasteiger partial charge is 0.376 e. The highest BCUT2D eigenvalue weighted by atomic mass is 16.6. The highest BCUT2D eigenvalue weighted by molar-refractivity contribution is 5.26. The van der Waals surface area contributed by atoms with Gasteiger partial charge in [0.1, 0.15) is 6.10 Å². The van der Waals surface area contributed by atoms with Gasteiger partial charge in [-0.05, 0) is 18.3 Å². The number of ether oxygens (including phenoxy) is 2. The minimum absolute atomic E-state index is 0.0383. The summed E-state index contributed by atoms with van der Waals surface area (Å²) < 4.78 is 11.1. The van der Waals surface area contributed by atoms with Gasteiger partial charge in [-0.3, -0.25) is 0 Å². The molecule has 0 saturated carbocycles. The third-order valence-corrected chi connectivity index (χ3v) is 3.84. The third kappa shape index (κ3) is 2.63. The summed E-state index contributed by atoms with van der Waals surface area (Å²) in [5, 5.41) is 0. The van der Waals surface area contributed by atoms with E-state index in [2.05, 4.69) is 23.8 Å². The number of rotatable bonds is 1. The molecule has 1 aromatic rings. The van der Waals surface area contributed by atoms with Gasteiger partial charge in [-0.2, -0.15) is 0 Å². The Morgan fingerprint density at radius 3 is 2.95 bits per heavy atom. The Hall–Kier alpha value is -1.04. The van der Waals surface area contributed by atoms with Crippen molar-refractivity contribution in [1.82, 2.24) is 9.97 Å². The van der Waals surface area contributed by atoms with Crippen LogP contribution in [0.2, 0.25) is 0 Å². The quantitative estimate of drug-likeness (QED) is 0.832. The van der Waals surface area contributed by atoms with Gasteiger partial charge in [-0.1, -0.05) is 13.8 Å². The fraction of sp³-hybridized carbons (Fsp3) is 0.714. The molecule has 19 heavy (non-hydrogen) atoms. The van der Waals surface area contributed by atoms with E-state index < -0.39 is 0 Å². The molecular formula is C14H21N3O2. The average Bonchev–Trinajstić information content (AvgIpc) is 2.37. The predicted molar refractivity (Wildman–Crippen MR) is 70.6 cm³/mol. The van der Waals surface area contributed by atoms with Crippen LogP contribution >= 0.6 is 0 Å². The molecule has 2 N–H and O–H groups in total. The minimum atomic E-state index is -0.139. The molecule has 3 rings (SSSR count). The van der Waals surface area contributed by atoms with Crippen molar-refractivity contribution < 1.29 is 9.47 Å². The minimum Gasteiger partial charge on any atom is -0.376 e. The van der Waals surface area contributed by atoms with Crippen LogP contribution in [0.4, 0.5) is 0 Å². The van der Waals surface area contributed by atoms with Crippen LogP contribution in [0.25, 0.3) is 0 Å². The zero-order chi connectivity index (χ0) is 13.5. The van der Waals surface area contributed by atoms with Gasteiger partial charge in [0.2, 0.25) is 0 Å². The van der Waals surface area contributed by atoms with Gasteiger partial charge >= 0.3 is 0 Å². The molecule has 1 aliphatic heterocycles. The van der Waals surface area contributed by atoms with Gasteiger partial charge in [0.25, 0.3) is 0 Å². The average molecular weight is 263 g/mol. The topological polar surface area (TPSA) is 70.3 Å². The first kappa shape index (κ1) is 13.0. The fourth-order valence-electron chi connectivity index (χ4n) is 2.92. The number of hydrogen-bond acceptors (Lipinski definition) is 5. The number of nitrogens with two attached hydrogens (primary N) is 1. The first-order chi connectivity index (χ1) is 9.05.